The number of nitrogens with one attached hydrogen (secondary N) is 1. The smallest absolute Gasteiger partial charge is 0.169 e. The van der Waals surface area contributed by atoms with Crippen molar-refractivity contribution in [2.75, 3.05) is 6.54 Å². The van der Waals surface area contributed by atoms with Gasteiger partial charge in [-0.1, -0.05) is 30.3 Å². The van der Waals surface area contributed by atoms with Crippen LogP contribution in [0.2, 0.25) is 0 Å². The number of thiocarbonyl (C=S) groups is 1. The van der Waals surface area contributed by atoms with Crippen molar-refractivity contribution in [3.8, 4) is 0 Å². The molecule has 5 nitrogen and oxygen atoms in total. The summed E-state index contributed by atoms with van der Waals surface area (Å²) in [6.07, 6.45) is -0.533. The summed E-state index contributed by atoms with van der Waals surface area (Å²) >= 11 is 5.17. The molecule has 0 aliphatic carbocycles. The second-order valence-electron chi connectivity index (χ2n) is 4.52. The number of carbonyl (C=O) groups is 1. The Hall–Kier alpha value is -1.66. The number of β-amino-alcohol motifs (C(OH)–C–C–N with tert-alkyl or cyclic N) is 1. The van der Waals surface area contributed by atoms with Crippen molar-refractivity contribution in [3.05, 3.63) is 35.9 Å². The summed E-state index contributed by atoms with van der Waals surface area (Å²) in [5, 5.41) is 23.8. The second kappa shape index (κ2) is 5.99. The number of hydrogen-bond acceptors (Lipinski definition) is 4. The van der Waals surface area contributed by atoms with Crippen LogP contribution in [0, 0.1) is 0 Å². The monoisotopic (exact) mass is 279 g/mol. The molecule has 2 N–H and O–H groups in total. The average Bonchev–Trinajstić information content (AvgIpc) is 2.79. The van der Waals surface area contributed by atoms with Gasteiger partial charge < -0.3 is 25.2 Å². The van der Waals surface area contributed by atoms with Gasteiger partial charge in [-0.15, -0.1) is 0 Å². The maximum Gasteiger partial charge on any atom is 0.169 e. The lowest BCUT2D eigenvalue weighted by molar-refractivity contribution is -0.310. The van der Waals surface area contributed by atoms with E-state index >= 15 is 0 Å². The first-order chi connectivity index (χ1) is 9.08. The number of aliphatic carboxylic acids is 1. The Morgan fingerprint density at radius 2 is 2.16 bits per heavy atom. The summed E-state index contributed by atoms with van der Waals surface area (Å²) < 4.78 is 0. The number of aliphatic hydroxyl groups is 1. The quantitative estimate of drug-likeness (QED) is 0.709. The Labute approximate surface area is 116 Å². The molecule has 1 aromatic rings. The molecule has 1 saturated heterocycles. The fourth-order valence-corrected chi connectivity index (χ4v) is 2.41. The van der Waals surface area contributed by atoms with Crippen LogP contribution in [0.4, 0.5) is 0 Å². The molecule has 2 rings (SSSR count). The minimum Gasteiger partial charge on any atom is -0.548 e. The maximum absolute atomic E-state index is 11.0. The van der Waals surface area contributed by atoms with E-state index in [-0.39, 0.29) is 13.0 Å². The van der Waals surface area contributed by atoms with Crippen LogP contribution in [0.3, 0.4) is 0 Å². The molecule has 1 aromatic carbocycles. The third-order valence-corrected chi connectivity index (χ3v) is 3.48. The number of benzene rings is 1. The predicted molar refractivity (Wildman–Crippen MR) is 72.0 cm³/mol. The molecule has 1 aliphatic rings. The first-order valence-electron chi connectivity index (χ1n) is 6.05. The molecular formula is C13H15N2O3S-. The van der Waals surface area contributed by atoms with Crippen LogP contribution in [0.5, 0.6) is 0 Å². The van der Waals surface area contributed by atoms with Crippen molar-refractivity contribution < 1.29 is 15.0 Å². The first-order valence-corrected chi connectivity index (χ1v) is 6.46. The number of aliphatic hydroxyl groups excluding tert-OH is 1. The first kappa shape index (κ1) is 13.8. The summed E-state index contributed by atoms with van der Waals surface area (Å²) in [4.78, 5) is 12.5. The number of carboxylic acids is 1. The van der Waals surface area contributed by atoms with Crippen molar-refractivity contribution >= 4 is 23.3 Å². The fourth-order valence-electron chi connectivity index (χ4n) is 2.14. The minimum absolute atomic E-state index is 0.148. The molecule has 102 valence electrons. The van der Waals surface area contributed by atoms with Crippen LogP contribution in [0.15, 0.2) is 30.3 Å². The Morgan fingerprint density at radius 1 is 1.47 bits per heavy atom. The highest BCUT2D eigenvalue weighted by atomic mass is 32.1. The third-order valence-electron chi connectivity index (χ3n) is 3.10. The lowest BCUT2D eigenvalue weighted by Crippen LogP contribution is -2.50. The average molecular weight is 279 g/mol. The second-order valence-corrected chi connectivity index (χ2v) is 4.91. The summed E-state index contributed by atoms with van der Waals surface area (Å²) in [6.45, 7) is 0.741. The molecular weight excluding hydrogens is 264 g/mol. The number of carboxylic acid groups (broad SMARTS) is 1. The van der Waals surface area contributed by atoms with Crippen LogP contribution in [-0.4, -0.2) is 39.8 Å². The SMILES string of the molecule is O=C([O-])[C@H]1C[C@@H](O)CN1C(=S)NCc1ccccc1. The summed E-state index contributed by atoms with van der Waals surface area (Å²) in [7, 11) is 0. The van der Waals surface area contributed by atoms with Gasteiger partial charge in [-0.05, 0) is 17.8 Å². The highest BCUT2D eigenvalue weighted by Crippen LogP contribution is 2.17. The molecule has 1 fully saturated rings. The lowest BCUT2D eigenvalue weighted by atomic mass is 10.2. The van der Waals surface area contributed by atoms with E-state index in [1.807, 2.05) is 30.3 Å². The van der Waals surface area contributed by atoms with Crippen LogP contribution in [0.1, 0.15) is 12.0 Å². The van der Waals surface area contributed by atoms with E-state index in [0.29, 0.717) is 11.7 Å². The van der Waals surface area contributed by atoms with E-state index in [4.69, 9.17) is 12.2 Å². The molecule has 0 bridgehead atoms. The van der Waals surface area contributed by atoms with Crippen molar-refractivity contribution in [2.45, 2.75) is 25.1 Å². The molecule has 0 aromatic heterocycles. The van der Waals surface area contributed by atoms with E-state index in [0.717, 1.165) is 5.56 Å². The van der Waals surface area contributed by atoms with E-state index in [9.17, 15) is 15.0 Å². The van der Waals surface area contributed by atoms with Crippen molar-refractivity contribution in [3.63, 3.8) is 0 Å². The molecule has 0 radical (unpaired) electrons. The number of likely N-dealkylation sites (tertiary alicyclic amines) is 1. The zero-order valence-corrected chi connectivity index (χ0v) is 11.1. The number of rotatable bonds is 3. The van der Waals surface area contributed by atoms with E-state index < -0.39 is 18.1 Å². The predicted octanol–water partition coefficient (Wildman–Crippen LogP) is -0.754. The van der Waals surface area contributed by atoms with Gasteiger partial charge >= 0.3 is 0 Å². The van der Waals surface area contributed by atoms with Gasteiger partial charge in [-0.25, -0.2) is 0 Å². The lowest BCUT2D eigenvalue weighted by Gasteiger charge is -2.27. The molecule has 0 amide bonds. The van der Waals surface area contributed by atoms with Gasteiger partial charge in [-0.3, -0.25) is 0 Å². The van der Waals surface area contributed by atoms with E-state index in [1.165, 1.54) is 4.90 Å². The van der Waals surface area contributed by atoms with Gasteiger partial charge in [0.05, 0.1) is 18.1 Å². The van der Waals surface area contributed by atoms with E-state index in [2.05, 4.69) is 5.32 Å². The van der Waals surface area contributed by atoms with Crippen LogP contribution in [0.25, 0.3) is 0 Å². The molecule has 19 heavy (non-hydrogen) atoms. The van der Waals surface area contributed by atoms with Gasteiger partial charge in [0.1, 0.15) is 0 Å². The topological polar surface area (TPSA) is 75.6 Å². The molecule has 2 atom stereocenters. The zero-order valence-electron chi connectivity index (χ0n) is 10.3. The zero-order chi connectivity index (χ0) is 13.8. The number of hydrogen-bond donors (Lipinski definition) is 2. The fraction of sp³-hybridized carbons (Fsp3) is 0.385. The maximum atomic E-state index is 11.0. The van der Waals surface area contributed by atoms with Gasteiger partial charge in [0.15, 0.2) is 5.11 Å². The van der Waals surface area contributed by atoms with Gasteiger partial charge in [0.25, 0.3) is 0 Å². The number of nitrogens with zero attached hydrogens (tertiary/aromatic N) is 1. The van der Waals surface area contributed by atoms with Gasteiger partial charge in [-0.2, -0.15) is 0 Å². The normalized spacial score (nSPS) is 22.3. The summed E-state index contributed by atoms with van der Waals surface area (Å²) in [6, 6.07) is 8.80. The standard InChI is InChI=1S/C13H16N2O3S/c16-10-6-11(12(17)18)15(8-10)13(19)14-7-9-4-2-1-3-5-9/h1-5,10-11,16H,6-8H2,(H,14,19)(H,17,18)/p-1/t10-,11-/m1/s1. The highest BCUT2D eigenvalue weighted by Gasteiger charge is 2.33. The summed E-state index contributed by atoms with van der Waals surface area (Å²) in [5.41, 5.74) is 1.05. The van der Waals surface area contributed by atoms with Crippen molar-refractivity contribution in [1.82, 2.24) is 10.2 Å². The minimum atomic E-state index is -1.21. The van der Waals surface area contributed by atoms with Crippen LogP contribution >= 0.6 is 12.2 Å². The highest BCUT2D eigenvalue weighted by molar-refractivity contribution is 7.80. The van der Waals surface area contributed by atoms with E-state index in [1.54, 1.807) is 0 Å². The molecule has 0 saturated carbocycles. The third kappa shape index (κ3) is 3.42. The van der Waals surface area contributed by atoms with Crippen LogP contribution < -0.4 is 10.4 Å². The number of carbonyl (C=O) groups excluding carboxylic acids is 1. The van der Waals surface area contributed by atoms with Crippen molar-refractivity contribution in [2.24, 2.45) is 0 Å². The molecule has 0 unspecified atom stereocenters. The Bertz CT molecular complexity index is 466. The Morgan fingerprint density at radius 3 is 2.79 bits per heavy atom. The largest absolute Gasteiger partial charge is 0.548 e. The molecule has 1 aliphatic heterocycles. The summed E-state index contributed by atoms with van der Waals surface area (Å²) in [5.74, 6) is -1.21. The van der Waals surface area contributed by atoms with Gasteiger partial charge in [0.2, 0.25) is 0 Å². The molecule has 1 heterocycles. The Balaban J connectivity index is 1.94. The van der Waals surface area contributed by atoms with Crippen LogP contribution in [-0.2, 0) is 11.3 Å². The molecule has 6 heteroatoms. The van der Waals surface area contributed by atoms with Crippen molar-refractivity contribution in [1.29, 1.82) is 0 Å². The van der Waals surface area contributed by atoms with Gasteiger partial charge in [0, 0.05) is 19.5 Å². The molecule has 0 spiro atoms. The Kier molecular flexibility index (Phi) is 4.34.